The Bertz CT molecular complexity index is 562. The van der Waals surface area contributed by atoms with Crippen LogP contribution < -0.4 is 0 Å². The maximum atomic E-state index is 11.8. The lowest BCUT2D eigenvalue weighted by molar-refractivity contribution is 0.0827. The molecule has 0 aliphatic carbocycles. The van der Waals surface area contributed by atoms with Crippen LogP contribution in [0.15, 0.2) is 42.6 Å². The fourth-order valence-corrected chi connectivity index (χ4v) is 1.63. The number of aromatic hydroxyl groups is 1. The monoisotopic (exact) mass is 242 g/mol. The molecule has 0 atom stereocenters. The largest absolute Gasteiger partial charge is 0.506 e. The van der Waals surface area contributed by atoms with E-state index in [1.165, 1.54) is 11.1 Å². The predicted octanol–water partition coefficient (Wildman–Crippen LogP) is 2.16. The van der Waals surface area contributed by atoms with Gasteiger partial charge in [-0.25, -0.2) is 0 Å². The third-order valence-corrected chi connectivity index (χ3v) is 2.56. The minimum atomic E-state index is -0.0457. The topological polar surface area (TPSA) is 53.4 Å². The highest BCUT2D eigenvalue weighted by molar-refractivity contribution is 5.95. The molecular weight excluding hydrogens is 228 g/mol. The zero-order chi connectivity index (χ0) is 13.1. The van der Waals surface area contributed by atoms with E-state index < -0.39 is 0 Å². The number of aromatic nitrogens is 1. The highest BCUT2D eigenvalue weighted by Gasteiger charge is 2.09. The molecule has 0 aliphatic rings. The third-order valence-electron chi connectivity index (χ3n) is 2.56. The lowest BCUT2D eigenvalue weighted by atomic mass is 10.1. The molecule has 4 heteroatoms. The van der Waals surface area contributed by atoms with Gasteiger partial charge in [0, 0.05) is 25.2 Å². The molecule has 0 fully saturated rings. The number of hydrogen-bond donors (Lipinski definition) is 1. The van der Waals surface area contributed by atoms with Crippen molar-refractivity contribution in [1.82, 2.24) is 9.88 Å². The first-order valence-corrected chi connectivity index (χ1v) is 5.55. The molecule has 0 saturated heterocycles. The molecule has 92 valence electrons. The Hall–Kier alpha value is -2.36. The van der Waals surface area contributed by atoms with Gasteiger partial charge in [-0.3, -0.25) is 9.78 Å². The highest BCUT2D eigenvalue weighted by atomic mass is 16.3. The number of amides is 1. The molecule has 1 heterocycles. The van der Waals surface area contributed by atoms with Gasteiger partial charge >= 0.3 is 0 Å². The lowest BCUT2D eigenvalue weighted by Gasteiger charge is -2.11. The standard InChI is InChI=1S/C14H14N2O2/c1-16(2)14(18)11-5-3-4-10(8-11)13-7-6-12(17)9-15-13/h3-9,17H,1-2H3. The molecule has 1 aromatic carbocycles. The fraction of sp³-hybridized carbons (Fsp3) is 0.143. The summed E-state index contributed by atoms with van der Waals surface area (Å²) >= 11 is 0. The molecule has 2 aromatic rings. The van der Waals surface area contributed by atoms with Gasteiger partial charge in [-0.1, -0.05) is 12.1 Å². The highest BCUT2D eigenvalue weighted by Crippen LogP contribution is 2.20. The van der Waals surface area contributed by atoms with Crippen molar-refractivity contribution in [3.8, 4) is 17.0 Å². The van der Waals surface area contributed by atoms with E-state index in [1.807, 2.05) is 12.1 Å². The van der Waals surface area contributed by atoms with Crippen LogP contribution in [0.2, 0.25) is 0 Å². The van der Waals surface area contributed by atoms with Crippen molar-refractivity contribution < 1.29 is 9.90 Å². The Morgan fingerprint density at radius 2 is 2.00 bits per heavy atom. The molecule has 1 amide bonds. The van der Waals surface area contributed by atoms with E-state index in [9.17, 15) is 9.90 Å². The summed E-state index contributed by atoms with van der Waals surface area (Å²) in [7, 11) is 3.43. The van der Waals surface area contributed by atoms with E-state index >= 15 is 0 Å². The van der Waals surface area contributed by atoms with Crippen molar-refractivity contribution in [2.75, 3.05) is 14.1 Å². The molecule has 0 bridgehead atoms. The zero-order valence-corrected chi connectivity index (χ0v) is 10.3. The fourth-order valence-electron chi connectivity index (χ4n) is 1.63. The maximum Gasteiger partial charge on any atom is 0.253 e. The normalized spacial score (nSPS) is 10.1. The summed E-state index contributed by atoms with van der Waals surface area (Å²) in [6.45, 7) is 0. The van der Waals surface area contributed by atoms with Crippen molar-refractivity contribution >= 4 is 5.91 Å². The summed E-state index contributed by atoms with van der Waals surface area (Å²) in [5.41, 5.74) is 2.19. The SMILES string of the molecule is CN(C)C(=O)c1cccc(-c2ccc(O)cn2)c1. The van der Waals surface area contributed by atoms with Crippen LogP contribution in [0.5, 0.6) is 5.75 Å². The van der Waals surface area contributed by atoms with E-state index in [0.29, 0.717) is 5.56 Å². The number of hydrogen-bond acceptors (Lipinski definition) is 3. The van der Waals surface area contributed by atoms with Crippen LogP contribution >= 0.6 is 0 Å². The molecule has 4 nitrogen and oxygen atoms in total. The van der Waals surface area contributed by atoms with Gasteiger partial charge in [0.2, 0.25) is 0 Å². The van der Waals surface area contributed by atoms with Crippen LogP contribution in [0, 0.1) is 0 Å². The van der Waals surface area contributed by atoms with Crippen LogP contribution in [0.25, 0.3) is 11.3 Å². The molecule has 0 unspecified atom stereocenters. The Morgan fingerprint density at radius 1 is 1.22 bits per heavy atom. The Balaban J connectivity index is 2.38. The number of rotatable bonds is 2. The summed E-state index contributed by atoms with van der Waals surface area (Å²) in [6, 6.07) is 10.6. The summed E-state index contributed by atoms with van der Waals surface area (Å²) in [5, 5.41) is 9.20. The van der Waals surface area contributed by atoms with Crippen LogP contribution in [0.3, 0.4) is 0 Å². The lowest BCUT2D eigenvalue weighted by Crippen LogP contribution is -2.21. The minimum absolute atomic E-state index is 0.0457. The summed E-state index contributed by atoms with van der Waals surface area (Å²) in [6.07, 6.45) is 1.38. The number of pyridine rings is 1. The van der Waals surface area contributed by atoms with Crippen LogP contribution in [0.4, 0.5) is 0 Å². The molecule has 0 saturated carbocycles. The molecule has 0 radical (unpaired) electrons. The summed E-state index contributed by atoms with van der Waals surface area (Å²) in [4.78, 5) is 17.5. The molecule has 1 aromatic heterocycles. The van der Waals surface area contributed by atoms with Gasteiger partial charge in [0.05, 0.1) is 11.9 Å². The Morgan fingerprint density at radius 3 is 2.61 bits per heavy atom. The van der Waals surface area contributed by atoms with Crippen molar-refractivity contribution in [3.63, 3.8) is 0 Å². The molecule has 0 spiro atoms. The number of carbonyl (C=O) groups excluding carboxylic acids is 1. The van der Waals surface area contributed by atoms with E-state index in [1.54, 1.807) is 38.4 Å². The first-order chi connectivity index (χ1) is 8.58. The second-order valence-electron chi connectivity index (χ2n) is 4.18. The van der Waals surface area contributed by atoms with Crippen LogP contribution in [0.1, 0.15) is 10.4 Å². The van der Waals surface area contributed by atoms with Gasteiger partial charge < -0.3 is 10.0 Å². The second-order valence-corrected chi connectivity index (χ2v) is 4.18. The van der Waals surface area contributed by atoms with E-state index in [2.05, 4.69) is 4.98 Å². The van der Waals surface area contributed by atoms with E-state index in [0.717, 1.165) is 11.3 Å². The van der Waals surface area contributed by atoms with Gasteiger partial charge in [-0.2, -0.15) is 0 Å². The van der Waals surface area contributed by atoms with Crippen LogP contribution in [-0.2, 0) is 0 Å². The summed E-state index contributed by atoms with van der Waals surface area (Å²) < 4.78 is 0. The average Bonchev–Trinajstić information content (AvgIpc) is 2.38. The molecule has 18 heavy (non-hydrogen) atoms. The molecule has 1 N–H and O–H groups in total. The minimum Gasteiger partial charge on any atom is -0.506 e. The van der Waals surface area contributed by atoms with E-state index in [-0.39, 0.29) is 11.7 Å². The van der Waals surface area contributed by atoms with Gasteiger partial charge in [-0.15, -0.1) is 0 Å². The van der Waals surface area contributed by atoms with Crippen molar-refractivity contribution in [2.24, 2.45) is 0 Å². The first kappa shape index (κ1) is 12.1. The van der Waals surface area contributed by atoms with Gasteiger partial charge in [0.25, 0.3) is 5.91 Å². The quantitative estimate of drug-likeness (QED) is 0.878. The Kier molecular flexibility index (Phi) is 3.28. The smallest absolute Gasteiger partial charge is 0.253 e. The van der Waals surface area contributed by atoms with Gasteiger partial charge in [0.1, 0.15) is 5.75 Å². The van der Waals surface area contributed by atoms with Gasteiger partial charge in [-0.05, 0) is 24.3 Å². The first-order valence-electron chi connectivity index (χ1n) is 5.55. The Labute approximate surface area is 106 Å². The molecular formula is C14H14N2O2. The van der Waals surface area contributed by atoms with Gasteiger partial charge in [0.15, 0.2) is 0 Å². The number of nitrogens with zero attached hydrogens (tertiary/aromatic N) is 2. The average molecular weight is 242 g/mol. The summed E-state index contributed by atoms with van der Waals surface area (Å²) in [5.74, 6) is 0.0786. The third kappa shape index (κ3) is 2.48. The van der Waals surface area contributed by atoms with Crippen molar-refractivity contribution in [2.45, 2.75) is 0 Å². The van der Waals surface area contributed by atoms with Crippen LogP contribution in [-0.4, -0.2) is 35.0 Å². The molecule has 0 aliphatic heterocycles. The maximum absolute atomic E-state index is 11.8. The zero-order valence-electron chi connectivity index (χ0n) is 10.3. The number of carbonyl (C=O) groups is 1. The second kappa shape index (κ2) is 4.87. The molecule has 2 rings (SSSR count). The van der Waals surface area contributed by atoms with Crippen molar-refractivity contribution in [3.05, 3.63) is 48.2 Å². The van der Waals surface area contributed by atoms with Crippen molar-refractivity contribution in [1.29, 1.82) is 0 Å². The number of benzene rings is 1. The van der Waals surface area contributed by atoms with E-state index in [4.69, 9.17) is 0 Å². The predicted molar refractivity (Wildman–Crippen MR) is 69.4 cm³/mol.